The summed E-state index contributed by atoms with van der Waals surface area (Å²) in [5.74, 6) is -0.436. The number of aromatic nitrogens is 2. The van der Waals surface area contributed by atoms with Crippen LogP contribution in [0.1, 0.15) is 109 Å². The van der Waals surface area contributed by atoms with Gasteiger partial charge in [0.15, 0.2) is 0 Å². The van der Waals surface area contributed by atoms with Crippen LogP contribution in [0.2, 0.25) is 0 Å². The molecule has 0 radical (unpaired) electrons. The normalized spacial score (nSPS) is 21.6. The number of para-hydroxylation sites is 2. The van der Waals surface area contributed by atoms with Gasteiger partial charge in [-0.05, 0) is 107 Å². The van der Waals surface area contributed by atoms with Crippen molar-refractivity contribution in [3.05, 3.63) is 59.4 Å². The smallest absolute Gasteiger partial charge is 0.234 e. The molecule has 3 heterocycles. The minimum absolute atomic E-state index is 0.0703. The van der Waals surface area contributed by atoms with Gasteiger partial charge >= 0.3 is 0 Å². The molecule has 2 aromatic carbocycles. The predicted molar refractivity (Wildman–Crippen MR) is 361 cm³/mol. The first-order valence-corrected chi connectivity index (χ1v) is 34.5. The molecule has 2 aliphatic rings. The molecule has 2 amide bonds. The molecule has 1 fully saturated rings. The number of anilines is 1. The third-order valence-corrected chi connectivity index (χ3v) is 18.6. The molecule has 0 saturated carbocycles. The molecular formula is C65H118N14O17. The highest BCUT2D eigenvalue weighted by molar-refractivity contribution is 5.79. The van der Waals surface area contributed by atoms with Crippen LogP contribution in [0.15, 0.2) is 42.5 Å². The van der Waals surface area contributed by atoms with Gasteiger partial charge in [-0.25, -0.2) is 4.98 Å². The monoisotopic (exact) mass is 1370 g/mol. The number of fused-ring (bicyclic) bond motifs is 2. The Morgan fingerprint density at radius 2 is 1.22 bits per heavy atom. The van der Waals surface area contributed by atoms with Crippen LogP contribution in [0.25, 0.3) is 11.0 Å². The first-order chi connectivity index (χ1) is 45.9. The number of benzene rings is 2. The Balaban J connectivity index is 1.27. The zero-order valence-corrected chi connectivity index (χ0v) is 56.9. The van der Waals surface area contributed by atoms with Crippen molar-refractivity contribution in [1.82, 2.24) is 66.0 Å². The molecule has 22 N–H and O–H groups in total. The lowest BCUT2D eigenvalue weighted by molar-refractivity contribution is -0.127. The van der Waals surface area contributed by atoms with Gasteiger partial charge in [-0.15, -0.1) is 0 Å². The first-order valence-electron chi connectivity index (χ1n) is 34.5. The SMILES string of the molecule is CCC1Nc2ccc([C@@H](O)N(C)Cc3nc4ccccc4[nH]3)cc2CN(CCCCCCN[C@H](O)[C@H](CC[C@@H](O)NC[C@@H](O)[C@@H](O)[C@H](O)[C@H](O)CO)N[C@H](O)[C@H](CCC(=O)NC[C@@H](O)[C@H](O)[C@@H](O)[C@H](O)CO)NC(=O)CN2CCN(CC)CCN(CC)CCN(CC)CC2)[C@@H]1O. The summed E-state index contributed by atoms with van der Waals surface area (Å²) < 4.78 is 0. The number of likely N-dealkylation sites (N-methyl/N-ethyl adjacent to an activating group) is 3. The number of carbonyl (C=O) groups is 2. The second-order valence-electron chi connectivity index (χ2n) is 25.7. The van der Waals surface area contributed by atoms with Crippen LogP contribution >= 0.6 is 0 Å². The number of amides is 2. The Morgan fingerprint density at radius 3 is 1.80 bits per heavy atom. The van der Waals surface area contributed by atoms with Gasteiger partial charge in [-0.3, -0.25) is 40.2 Å². The van der Waals surface area contributed by atoms with Crippen LogP contribution < -0.4 is 31.9 Å². The van der Waals surface area contributed by atoms with Gasteiger partial charge < -0.3 is 112 Å². The molecular weight excluding hydrogens is 1250 g/mol. The number of rotatable bonds is 42. The lowest BCUT2D eigenvalue weighted by Gasteiger charge is -2.34. The van der Waals surface area contributed by atoms with Crippen molar-refractivity contribution in [3.63, 3.8) is 0 Å². The number of nitrogens with zero attached hydrogens (tertiary/aromatic N) is 7. The van der Waals surface area contributed by atoms with E-state index in [4.69, 9.17) is 0 Å². The van der Waals surface area contributed by atoms with Crippen LogP contribution in [-0.4, -0.2) is 345 Å². The highest BCUT2D eigenvalue weighted by Crippen LogP contribution is 2.31. The van der Waals surface area contributed by atoms with Crippen LogP contribution in [0.5, 0.6) is 0 Å². The predicted octanol–water partition coefficient (Wildman–Crippen LogP) is -5.02. The van der Waals surface area contributed by atoms with Crippen molar-refractivity contribution in [1.29, 1.82) is 0 Å². The molecule has 0 aliphatic carbocycles. The van der Waals surface area contributed by atoms with E-state index in [2.05, 4.69) is 77.3 Å². The Bertz CT molecular complexity index is 2590. The van der Waals surface area contributed by atoms with Crippen LogP contribution in [-0.2, 0) is 22.7 Å². The molecule has 96 heavy (non-hydrogen) atoms. The molecule has 1 unspecified atom stereocenters. The number of hydrogen-bond donors (Lipinski definition) is 22. The standard InChI is InChI=1S/C65H118N14O17/c1-6-44-65(96)79(37-43-34-42(18-19-45(43)69-44)64(95)74(5)38-54-70-46-16-12-13-17-47(46)71-54)25-15-11-10-14-24-66-62(93)48(20-22-55(86)67-35-50(82)58(89)60(91)52(84)40-80)73-63(94)49(21-23-56(87)68-36-51(83)59(90)61(92)53(85)41-81)72-57(88)39-78-32-30-76(8-3)28-26-75(7-2)27-29-77(9-4)31-33-78/h12-13,16-19,34,44,48-53,55,58-67,69,73,80-86,89-96H,6-11,14-15,20-33,35-41H2,1-5H3,(H,68,87)(H,70,71)(H,72,88)/t44?,48-,49-,50+,51+,52+,53+,55+,58+,59-,60+,61-,62+,63+,64+,65+/m0/s1. The van der Waals surface area contributed by atoms with Gasteiger partial charge in [0.25, 0.3) is 0 Å². The second kappa shape index (κ2) is 43.4. The molecule has 31 heteroatoms. The fraction of sp³-hybridized carbons (Fsp3) is 0.769. The number of H-pyrrole nitrogens is 1. The molecule has 3 aromatic rings. The van der Waals surface area contributed by atoms with Crippen LogP contribution in [0.4, 0.5) is 5.69 Å². The van der Waals surface area contributed by atoms with Crippen molar-refractivity contribution in [2.45, 2.75) is 197 Å². The van der Waals surface area contributed by atoms with E-state index in [1.165, 1.54) is 0 Å². The van der Waals surface area contributed by atoms with Crippen molar-refractivity contribution >= 4 is 28.5 Å². The molecule has 1 saturated heterocycles. The minimum atomic E-state index is -1.94. The van der Waals surface area contributed by atoms with Crippen LogP contribution in [0.3, 0.4) is 0 Å². The number of nitrogens with one attached hydrogen (secondary N) is 7. The van der Waals surface area contributed by atoms with E-state index in [1.807, 2.05) is 66.2 Å². The average molecular weight is 1370 g/mol. The number of hydrogen-bond acceptors (Lipinski definition) is 28. The highest BCUT2D eigenvalue weighted by atomic mass is 16.4. The third kappa shape index (κ3) is 27.0. The molecule has 1 aromatic heterocycles. The Labute approximate surface area is 565 Å². The topological polar surface area (TPSA) is 458 Å². The van der Waals surface area contributed by atoms with Gasteiger partial charge in [0.2, 0.25) is 11.8 Å². The van der Waals surface area contributed by atoms with E-state index in [-0.39, 0.29) is 44.8 Å². The van der Waals surface area contributed by atoms with Crippen molar-refractivity contribution in [2.75, 3.05) is 130 Å². The van der Waals surface area contributed by atoms with Crippen molar-refractivity contribution in [2.24, 2.45) is 0 Å². The summed E-state index contributed by atoms with van der Waals surface area (Å²) in [6.07, 6.45) is -18.3. The maximum atomic E-state index is 14.3. The van der Waals surface area contributed by atoms with Gasteiger partial charge in [0, 0.05) is 96.7 Å². The first kappa shape index (κ1) is 82.4. The minimum Gasteiger partial charge on any atom is -0.394 e. The summed E-state index contributed by atoms with van der Waals surface area (Å²) in [6, 6.07) is 11.0. The fourth-order valence-electron chi connectivity index (χ4n) is 12.0. The van der Waals surface area contributed by atoms with Crippen molar-refractivity contribution < 1.29 is 86.2 Å². The molecule has 16 atom stereocenters. The number of aliphatic hydroxyl groups is 15. The summed E-state index contributed by atoms with van der Waals surface area (Å²) >= 11 is 0. The molecule has 550 valence electrons. The Hall–Kier alpha value is -4.31. The van der Waals surface area contributed by atoms with Crippen molar-refractivity contribution in [3.8, 4) is 0 Å². The van der Waals surface area contributed by atoms with Gasteiger partial charge in [-0.1, -0.05) is 58.7 Å². The zero-order valence-electron chi connectivity index (χ0n) is 56.9. The second-order valence-corrected chi connectivity index (χ2v) is 25.7. The average Bonchev–Trinajstić information content (AvgIpc) is 1.64. The van der Waals surface area contributed by atoms with E-state index < -0.39 is 130 Å². The maximum absolute atomic E-state index is 14.3. The Kier molecular flexibility index (Phi) is 37.2. The Morgan fingerprint density at radius 1 is 0.646 bits per heavy atom. The quantitative estimate of drug-likeness (QED) is 0.0186. The third-order valence-electron chi connectivity index (χ3n) is 18.6. The van der Waals surface area contributed by atoms with Gasteiger partial charge in [0.05, 0.1) is 61.6 Å². The van der Waals surface area contributed by atoms with E-state index in [0.29, 0.717) is 70.6 Å². The number of carbonyl (C=O) groups excluding carboxylic acids is 2. The molecule has 0 bridgehead atoms. The summed E-state index contributed by atoms with van der Waals surface area (Å²) in [7, 11) is 1.83. The van der Waals surface area contributed by atoms with Crippen LogP contribution in [0, 0.1) is 0 Å². The summed E-state index contributed by atoms with van der Waals surface area (Å²) in [6.45, 7) is 15.6. The van der Waals surface area contributed by atoms with E-state index >= 15 is 0 Å². The number of imidazole rings is 1. The van der Waals surface area contributed by atoms with Gasteiger partial charge in [-0.2, -0.15) is 0 Å². The van der Waals surface area contributed by atoms with E-state index in [9.17, 15) is 86.2 Å². The molecule has 5 rings (SSSR count). The molecule has 31 nitrogen and oxygen atoms in total. The lowest BCUT2D eigenvalue weighted by Crippen LogP contribution is -2.59. The lowest BCUT2D eigenvalue weighted by atomic mass is 10.0. The van der Waals surface area contributed by atoms with Gasteiger partial charge in [0.1, 0.15) is 73.6 Å². The molecule has 0 spiro atoms. The highest BCUT2D eigenvalue weighted by Gasteiger charge is 2.35. The summed E-state index contributed by atoms with van der Waals surface area (Å²) in [5, 5.41) is 176. The largest absolute Gasteiger partial charge is 0.394 e. The number of unbranched alkanes of at least 4 members (excludes halogenated alkanes) is 3. The number of aromatic amines is 1. The van der Waals surface area contributed by atoms with E-state index in [1.54, 1.807) is 4.90 Å². The summed E-state index contributed by atoms with van der Waals surface area (Å²) in [4.78, 5) is 48.6. The maximum Gasteiger partial charge on any atom is 0.234 e. The summed E-state index contributed by atoms with van der Waals surface area (Å²) in [5.41, 5.74) is 4.26. The molecule has 2 aliphatic heterocycles. The van der Waals surface area contributed by atoms with E-state index in [0.717, 1.165) is 86.8 Å². The fourth-order valence-corrected chi connectivity index (χ4v) is 12.0. The zero-order chi connectivity index (χ0) is 70.4. The number of aliphatic hydroxyl groups excluding tert-OH is 15.